The van der Waals surface area contributed by atoms with Gasteiger partial charge in [-0.05, 0) is 20.1 Å². The summed E-state index contributed by atoms with van der Waals surface area (Å²) in [6.45, 7) is 7.44. The summed E-state index contributed by atoms with van der Waals surface area (Å²) in [4.78, 5) is 2.18. The van der Waals surface area contributed by atoms with Crippen LogP contribution >= 0.6 is 0 Å². The molecular weight excluding hydrogens is 176 g/mol. The van der Waals surface area contributed by atoms with Crippen LogP contribution in [0.5, 0.6) is 0 Å². The minimum Gasteiger partial charge on any atom is -0.760 e. The topological polar surface area (TPSA) is 46.6 Å². The van der Waals surface area contributed by atoms with Crippen LogP contribution in [-0.4, -0.2) is 51.2 Å². The van der Waals surface area contributed by atoms with Crippen LogP contribution in [0.15, 0.2) is 0 Å². The van der Waals surface area contributed by atoms with Crippen LogP contribution in [-0.2, 0) is 11.3 Å². The molecule has 0 saturated heterocycles. The maximum Gasteiger partial charge on any atom is 0.0227 e. The predicted octanol–water partition coefficient (Wildman–Crippen LogP) is 0.0541. The molecule has 12 heavy (non-hydrogen) atoms. The van der Waals surface area contributed by atoms with Crippen molar-refractivity contribution in [1.29, 1.82) is 0 Å². The lowest BCUT2D eigenvalue weighted by atomic mass is 10.5. The zero-order valence-electron chi connectivity index (χ0n) is 7.95. The second-order valence-corrected chi connectivity index (χ2v) is 3.65. The van der Waals surface area contributed by atoms with Crippen molar-refractivity contribution in [1.82, 2.24) is 9.21 Å². The van der Waals surface area contributed by atoms with Gasteiger partial charge in [0.25, 0.3) is 0 Å². The number of nitrogens with zero attached hydrogens (tertiary/aromatic N) is 2. The molecule has 74 valence electrons. The third-order valence-corrected chi connectivity index (χ3v) is 2.57. The fourth-order valence-corrected chi connectivity index (χ4v) is 1.13. The SMILES string of the molecule is CCN(CC)CCN(C)S(=O)[O-]. The summed E-state index contributed by atoms with van der Waals surface area (Å²) < 4.78 is 22.1. The highest BCUT2D eigenvalue weighted by atomic mass is 32.2. The lowest BCUT2D eigenvalue weighted by Gasteiger charge is -2.23. The first-order valence-electron chi connectivity index (χ1n) is 4.14. The molecule has 0 rings (SSSR count). The first kappa shape index (κ1) is 12.0. The number of hydrogen-bond donors (Lipinski definition) is 0. The molecule has 0 aromatic heterocycles. The van der Waals surface area contributed by atoms with Crippen molar-refractivity contribution >= 4 is 11.3 Å². The van der Waals surface area contributed by atoms with Crippen molar-refractivity contribution in [2.24, 2.45) is 0 Å². The first-order valence-corrected chi connectivity index (χ1v) is 5.17. The van der Waals surface area contributed by atoms with Gasteiger partial charge in [0.2, 0.25) is 0 Å². The molecule has 5 heteroatoms. The summed E-state index contributed by atoms with van der Waals surface area (Å²) in [6, 6.07) is 0. The van der Waals surface area contributed by atoms with E-state index in [1.165, 1.54) is 4.31 Å². The molecule has 1 unspecified atom stereocenters. The van der Waals surface area contributed by atoms with E-state index in [0.29, 0.717) is 6.54 Å². The van der Waals surface area contributed by atoms with E-state index in [4.69, 9.17) is 0 Å². The average molecular weight is 193 g/mol. The number of rotatable bonds is 6. The Bertz CT molecular complexity index is 139. The highest BCUT2D eigenvalue weighted by Gasteiger charge is 2.01. The molecule has 1 atom stereocenters. The third kappa shape index (κ3) is 4.82. The van der Waals surface area contributed by atoms with Gasteiger partial charge in [0.1, 0.15) is 0 Å². The van der Waals surface area contributed by atoms with Crippen molar-refractivity contribution in [3.63, 3.8) is 0 Å². The maximum absolute atomic E-state index is 10.4. The van der Waals surface area contributed by atoms with Crippen LogP contribution in [0.1, 0.15) is 13.8 Å². The highest BCUT2D eigenvalue weighted by molar-refractivity contribution is 7.76. The van der Waals surface area contributed by atoms with Crippen molar-refractivity contribution in [3.05, 3.63) is 0 Å². The maximum atomic E-state index is 10.4. The molecular formula is C7H17N2O2S-. The Morgan fingerprint density at radius 3 is 2.08 bits per heavy atom. The Hall–Kier alpha value is 0.0300. The lowest BCUT2D eigenvalue weighted by Crippen LogP contribution is -2.33. The van der Waals surface area contributed by atoms with Gasteiger partial charge in [-0.1, -0.05) is 13.8 Å². The predicted molar refractivity (Wildman–Crippen MR) is 49.3 cm³/mol. The van der Waals surface area contributed by atoms with Gasteiger partial charge in [-0.15, -0.1) is 0 Å². The molecule has 0 aromatic carbocycles. The van der Waals surface area contributed by atoms with Crippen molar-refractivity contribution in [2.75, 3.05) is 33.2 Å². The smallest absolute Gasteiger partial charge is 0.0227 e. The van der Waals surface area contributed by atoms with Crippen LogP contribution in [0.2, 0.25) is 0 Å². The molecule has 0 aliphatic heterocycles. The van der Waals surface area contributed by atoms with E-state index in [0.717, 1.165) is 19.6 Å². The molecule has 0 aliphatic carbocycles. The standard InChI is InChI=1S/C7H18N2O2S/c1-4-9(5-2)7-6-8(3)12(10)11/h4-7H2,1-3H3,(H,10,11)/p-1. The van der Waals surface area contributed by atoms with Gasteiger partial charge in [-0.2, -0.15) is 0 Å². The van der Waals surface area contributed by atoms with Gasteiger partial charge >= 0.3 is 0 Å². The van der Waals surface area contributed by atoms with E-state index in [9.17, 15) is 8.76 Å². The summed E-state index contributed by atoms with van der Waals surface area (Å²) in [7, 11) is 1.58. The van der Waals surface area contributed by atoms with E-state index in [2.05, 4.69) is 18.7 Å². The molecule has 0 saturated carbocycles. The fraction of sp³-hybridized carbons (Fsp3) is 1.00. The van der Waals surface area contributed by atoms with Crippen molar-refractivity contribution < 1.29 is 8.76 Å². The largest absolute Gasteiger partial charge is 0.760 e. The van der Waals surface area contributed by atoms with E-state index in [1.54, 1.807) is 7.05 Å². The monoisotopic (exact) mass is 193 g/mol. The van der Waals surface area contributed by atoms with Crippen molar-refractivity contribution in [2.45, 2.75) is 13.8 Å². The van der Waals surface area contributed by atoms with E-state index in [1.807, 2.05) is 0 Å². The molecule has 0 heterocycles. The Kier molecular flexibility index (Phi) is 6.55. The summed E-state index contributed by atoms with van der Waals surface area (Å²) >= 11 is -2.07. The number of hydrogen-bond acceptors (Lipinski definition) is 3. The summed E-state index contributed by atoms with van der Waals surface area (Å²) in [5, 5.41) is 0. The third-order valence-electron chi connectivity index (χ3n) is 1.88. The van der Waals surface area contributed by atoms with E-state index < -0.39 is 11.3 Å². The van der Waals surface area contributed by atoms with Crippen LogP contribution in [0.3, 0.4) is 0 Å². The molecule has 0 spiro atoms. The van der Waals surface area contributed by atoms with E-state index >= 15 is 0 Å². The molecule has 0 amide bonds. The average Bonchev–Trinajstić information content (AvgIpc) is 2.05. The molecule has 0 fully saturated rings. The molecule has 4 nitrogen and oxygen atoms in total. The zero-order chi connectivity index (χ0) is 9.56. The molecule has 0 N–H and O–H groups in total. The quantitative estimate of drug-likeness (QED) is 0.560. The van der Waals surface area contributed by atoms with Gasteiger partial charge in [-0.25, -0.2) is 4.31 Å². The van der Waals surface area contributed by atoms with Crippen LogP contribution in [0.4, 0.5) is 0 Å². The zero-order valence-corrected chi connectivity index (χ0v) is 8.76. The molecule has 0 radical (unpaired) electrons. The van der Waals surface area contributed by atoms with E-state index in [-0.39, 0.29) is 0 Å². The first-order chi connectivity index (χ1) is 5.61. The minimum atomic E-state index is -2.07. The second kappa shape index (κ2) is 6.54. The Labute approximate surface area is 77.0 Å². The lowest BCUT2D eigenvalue weighted by molar-refractivity contribution is 0.280. The molecule has 0 aliphatic rings. The van der Waals surface area contributed by atoms with Gasteiger partial charge in [0, 0.05) is 24.4 Å². The van der Waals surface area contributed by atoms with Gasteiger partial charge in [0.15, 0.2) is 0 Å². The second-order valence-electron chi connectivity index (χ2n) is 2.60. The van der Waals surface area contributed by atoms with Crippen LogP contribution < -0.4 is 0 Å². The number of likely N-dealkylation sites (N-methyl/N-ethyl adjacent to an activating group) is 2. The van der Waals surface area contributed by atoms with Gasteiger partial charge in [-0.3, -0.25) is 4.21 Å². The highest BCUT2D eigenvalue weighted by Crippen LogP contribution is 1.90. The Morgan fingerprint density at radius 1 is 1.25 bits per heavy atom. The summed E-state index contributed by atoms with van der Waals surface area (Å²) in [5.41, 5.74) is 0. The van der Waals surface area contributed by atoms with Gasteiger partial charge < -0.3 is 9.45 Å². The molecule has 0 bridgehead atoms. The van der Waals surface area contributed by atoms with Crippen LogP contribution in [0.25, 0.3) is 0 Å². The molecule has 0 aromatic rings. The van der Waals surface area contributed by atoms with Crippen molar-refractivity contribution in [3.8, 4) is 0 Å². The van der Waals surface area contributed by atoms with Crippen LogP contribution in [0, 0.1) is 0 Å². The fourth-order valence-electron chi connectivity index (χ4n) is 0.897. The normalized spacial score (nSPS) is 14.2. The minimum absolute atomic E-state index is 0.567. The summed E-state index contributed by atoms with van der Waals surface area (Å²) in [6.07, 6.45) is 0. The Morgan fingerprint density at radius 2 is 1.75 bits per heavy atom. The Balaban J connectivity index is 3.58. The summed E-state index contributed by atoms with van der Waals surface area (Å²) in [5.74, 6) is 0. The van der Waals surface area contributed by atoms with Gasteiger partial charge in [0.05, 0.1) is 0 Å².